The monoisotopic (exact) mass is 306 g/mol. The summed E-state index contributed by atoms with van der Waals surface area (Å²) < 4.78 is 31.6. The second-order valence-electron chi connectivity index (χ2n) is 6.13. The lowest BCUT2D eigenvalue weighted by molar-refractivity contribution is -0.206. The van der Waals surface area contributed by atoms with Crippen LogP contribution in [-0.2, 0) is 14.8 Å². The molecule has 0 radical (unpaired) electrons. The lowest BCUT2D eigenvalue weighted by Crippen LogP contribution is -2.63. The lowest BCUT2D eigenvalue weighted by atomic mass is 9.58. The SMILES string of the molecule is CC(C)S(=O)(=O)N1CCC2(CC1)[C@H](O)C[C@@H]2OCCN. The van der Waals surface area contributed by atoms with E-state index < -0.39 is 15.3 Å². The highest BCUT2D eigenvalue weighted by atomic mass is 32.2. The van der Waals surface area contributed by atoms with E-state index in [0.717, 1.165) is 0 Å². The second kappa shape index (κ2) is 5.88. The van der Waals surface area contributed by atoms with Crippen molar-refractivity contribution in [2.75, 3.05) is 26.2 Å². The molecule has 2 rings (SSSR count). The number of aliphatic hydroxyl groups is 1. The highest BCUT2D eigenvalue weighted by Crippen LogP contribution is 2.51. The molecule has 1 spiro atoms. The van der Waals surface area contributed by atoms with Crippen molar-refractivity contribution in [2.45, 2.75) is 50.6 Å². The van der Waals surface area contributed by atoms with Gasteiger partial charge in [-0.05, 0) is 26.7 Å². The summed E-state index contributed by atoms with van der Waals surface area (Å²) in [5.74, 6) is 0. The Morgan fingerprint density at radius 2 is 2.00 bits per heavy atom. The number of rotatable bonds is 5. The Kier molecular flexibility index (Phi) is 4.76. The summed E-state index contributed by atoms with van der Waals surface area (Å²) in [7, 11) is -3.20. The van der Waals surface area contributed by atoms with Crippen LogP contribution in [0.2, 0.25) is 0 Å². The molecule has 20 heavy (non-hydrogen) atoms. The predicted octanol–water partition coefficient (Wildman–Crippen LogP) is -0.0847. The summed E-state index contributed by atoms with van der Waals surface area (Å²) in [6, 6.07) is 0. The molecular weight excluding hydrogens is 280 g/mol. The van der Waals surface area contributed by atoms with Gasteiger partial charge in [0.15, 0.2) is 0 Å². The van der Waals surface area contributed by atoms with Gasteiger partial charge >= 0.3 is 0 Å². The summed E-state index contributed by atoms with van der Waals surface area (Å²) >= 11 is 0. The standard InChI is InChI=1S/C13H26N2O4S/c1-10(2)20(17,18)15-6-3-13(4-7-15)11(16)9-12(13)19-8-5-14/h10-12,16H,3-9,14H2,1-2H3/t11-,12+/m1/s1. The molecule has 0 bridgehead atoms. The van der Waals surface area contributed by atoms with Gasteiger partial charge in [-0.3, -0.25) is 0 Å². The largest absolute Gasteiger partial charge is 0.392 e. The predicted molar refractivity (Wildman–Crippen MR) is 76.7 cm³/mol. The topological polar surface area (TPSA) is 92.9 Å². The average Bonchev–Trinajstić information content (AvgIpc) is 2.43. The van der Waals surface area contributed by atoms with Crippen molar-refractivity contribution in [1.29, 1.82) is 0 Å². The molecule has 2 atom stereocenters. The molecule has 0 aromatic carbocycles. The summed E-state index contributed by atoms with van der Waals surface area (Å²) in [6.07, 6.45) is 1.60. The average molecular weight is 306 g/mol. The van der Waals surface area contributed by atoms with Gasteiger partial charge in [0.1, 0.15) is 0 Å². The third-order valence-corrected chi connectivity index (χ3v) is 7.06. The molecule has 118 valence electrons. The van der Waals surface area contributed by atoms with E-state index in [1.54, 1.807) is 18.2 Å². The molecule has 3 N–H and O–H groups in total. The molecule has 7 heteroatoms. The quantitative estimate of drug-likeness (QED) is 0.741. The second-order valence-corrected chi connectivity index (χ2v) is 8.61. The van der Waals surface area contributed by atoms with Gasteiger partial charge in [-0.1, -0.05) is 0 Å². The zero-order chi connectivity index (χ0) is 15.0. The van der Waals surface area contributed by atoms with Crippen molar-refractivity contribution in [2.24, 2.45) is 11.1 Å². The summed E-state index contributed by atoms with van der Waals surface area (Å²) in [4.78, 5) is 0. The van der Waals surface area contributed by atoms with E-state index in [0.29, 0.717) is 45.5 Å². The molecule has 1 aliphatic carbocycles. The Balaban J connectivity index is 1.99. The van der Waals surface area contributed by atoms with Gasteiger partial charge in [0.25, 0.3) is 0 Å². The summed E-state index contributed by atoms with van der Waals surface area (Å²) in [5, 5.41) is 9.72. The van der Waals surface area contributed by atoms with E-state index in [4.69, 9.17) is 10.5 Å². The number of hydrogen-bond acceptors (Lipinski definition) is 5. The number of aliphatic hydroxyl groups excluding tert-OH is 1. The minimum absolute atomic E-state index is 0.0185. The van der Waals surface area contributed by atoms with Crippen LogP contribution in [0.3, 0.4) is 0 Å². The number of hydrogen-bond donors (Lipinski definition) is 2. The molecule has 0 amide bonds. The Bertz CT molecular complexity index is 430. The fraction of sp³-hybridized carbons (Fsp3) is 1.00. The number of nitrogens with two attached hydrogens (primary N) is 1. The highest BCUT2D eigenvalue weighted by Gasteiger charge is 2.56. The van der Waals surface area contributed by atoms with Crippen molar-refractivity contribution < 1.29 is 18.3 Å². The van der Waals surface area contributed by atoms with E-state index in [1.165, 1.54) is 0 Å². The Morgan fingerprint density at radius 1 is 1.40 bits per heavy atom. The van der Waals surface area contributed by atoms with Crippen LogP contribution in [0.4, 0.5) is 0 Å². The third kappa shape index (κ3) is 2.62. The molecular formula is C13H26N2O4S. The van der Waals surface area contributed by atoms with Crippen LogP contribution in [0.15, 0.2) is 0 Å². The van der Waals surface area contributed by atoms with E-state index in [-0.39, 0.29) is 17.6 Å². The van der Waals surface area contributed by atoms with Gasteiger partial charge < -0.3 is 15.6 Å². The molecule has 1 aliphatic heterocycles. The van der Waals surface area contributed by atoms with Crippen molar-refractivity contribution >= 4 is 10.0 Å². The molecule has 2 fully saturated rings. The van der Waals surface area contributed by atoms with Gasteiger partial charge in [-0.25, -0.2) is 12.7 Å². The van der Waals surface area contributed by atoms with E-state index >= 15 is 0 Å². The van der Waals surface area contributed by atoms with Gasteiger partial charge in [-0.15, -0.1) is 0 Å². The van der Waals surface area contributed by atoms with Gasteiger partial charge in [0.2, 0.25) is 10.0 Å². The van der Waals surface area contributed by atoms with Crippen molar-refractivity contribution in [3.05, 3.63) is 0 Å². The number of sulfonamides is 1. The molecule has 0 unspecified atom stereocenters. The Labute approximate surface area is 121 Å². The van der Waals surface area contributed by atoms with E-state index in [9.17, 15) is 13.5 Å². The summed E-state index contributed by atoms with van der Waals surface area (Å²) in [5.41, 5.74) is 5.18. The lowest BCUT2D eigenvalue weighted by Gasteiger charge is -2.56. The number of piperidine rings is 1. The molecule has 2 aliphatic rings. The smallest absolute Gasteiger partial charge is 0.216 e. The number of ether oxygens (including phenoxy) is 1. The Hall–Kier alpha value is -0.210. The van der Waals surface area contributed by atoms with E-state index in [1.807, 2.05) is 0 Å². The van der Waals surface area contributed by atoms with Gasteiger partial charge in [0, 0.05) is 31.5 Å². The molecule has 6 nitrogen and oxygen atoms in total. The zero-order valence-corrected chi connectivity index (χ0v) is 13.1. The molecule has 1 heterocycles. The fourth-order valence-electron chi connectivity index (χ4n) is 3.28. The first-order valence-corrected chi connectivity index (χ1v) is 8.83. The molecule has 0 aromatic rings. The molecule has 0 aromatic heterocycles. The minimum atomic E-state index is -3.20. The molecule has 1 saturated carbocycles. The van der Waals surface area contributed by atoms with Crippen LogP contribution in [0.5, 0.6) is 0 Å². The Morgan fingerprint density at radius 3 is 2.45 bits per heavy atom. The van der Waals surface area contributed by atoms with Crippen molar-refractivity contribution in [3.63, 3.8) is 0 Å². The van der Waals surface area contributed by atoms with Crippen LogP contribution in [0.1, 0.15) is 33.1 Å². The normalized spacial score (nSPS) is 30.6. The van der Waals surface area contributed by atoms with E-state index in [2.05, 4.69) is 0 Å². The molecule has 1 saturated heterocycles. The summed E-state index contributed by atoms with van der Waals surface area (Å²) in [6.45, 7) is 5.31. The maximum atomic E-state index is 12.2. The zero-order valence-electron chi connectivity index (χ0n) is 12.3. The van der Waals surface area contributed by atoms with Crippen LogP contribution in [0.25, 0.3) is 0 Å². The fourth-order valence-corrected chi connectivity index (χ4v) is 4.57. The van der Waals surface area contributed by atoms with Crippen molar-refractivity contribution in [1.82, 2.24) is 4.31 Å². The van der Waals surface area contributed by atoms with Crippen LogP contribution < -0.4 is 5.73 Å². The first-order chi connectivity index (χ1) is 9.34. The first kappa shape index (κ1) is 16.2. The van der Waals surface area contributed by atoms with Crippen LogP contribution >= 0.6 is 0 Å². The van der Waals surface area contributed by atoms with Crippen LogP contribution in [0, 0.1) is 5.41 Å². The maximum absolute atomic E-state index is 12.2. The first-order valence-electron chi connectivity index (χ1n) is 7.33. The van der Waals surface area contributed by atoms with Crippen molar-refractivity contribution in [3.8, 4) is 0 Å². The highest BCUT2D eigenvalue weighted by molar-refractivity contribution is 7.89. The van der Waals surface area contributed by atoms with Crippen LogP contribution in [-0.4, -0.2) is 61.5 Å². The van der Waals surface area contributed by atoms with Gasteiger partial charge in [0.05, 0.1) is 24.1 Å². The number of nitrogens with zero attached hydrogens (tertiary/aromatic N) is 1. The maximum Gasteiger partial charge on any atom is 0.216 e. The minimum Gasteiger partial charge on any atom is -0.392 e. The van der Waals surface area contributed by atoms with Gasteiger partial charge in [-0.2, -0.15) is 0 Å². The third-order valence-electron chi connectivity index (χ3n) is 4.79.